The highest BCUT2D eigenvalue weighted by Gasteiger charge is 2.18. The van der Waals surface area contributed by atoms with Crippen molar-refractivity contribution in [1.29, 1.82) is 0 Å². The van der Waals surface area contributed by atoms with E-state index in [2.05, 4.69) is 53.7 Å². The summed E-state index contributed by atoms with van der Waals surface area (Å²) < 4.78 is 19.1. The van der Waals surface area contributed by atoms with Gasteiger partial charge in [0.15, 0.2) is 10.3 Å². The van der Waals surface area contributed by atoms with E-state index in [1.54, 1.807) is 34.0 Å². The number of aryl methyl sites for hydroxylation is 2. The number of halogens is 4. The van der Waals surface area contributed by atoms with Gasteiger partial charge in [-0.25, -0.2) is 24.5 Å². The third-order valence-corrected chi connectivity index (χ3v) is 4.84. The fourth-order valence-electron chi connectivity index (χ4n) is 2.14. The van der Waals surface area contributed by atoms with Crippen LogP contribution in [0.15, 0.2) is 15.1 Å². The zero-order valence-corrected chi connectivity index (χ0v) is 25.0. The molecule has 2 heterocycles. The number of carbonyl (C=O) groups is 2. The Labute approximate surface area is 230 Å². The third kappa shape index (κ3) is 13.2. The summed E-state index contributed by atoms with van der Waals surface area (Å²) in [6.07, 6.45) is 3.64. The van der Waals surface area contributed by atoms with Gasteiger partial charge >= 0.3 is 17.1 Å². The molecular weight excluding hydrogens is 605 g/mol. The predicted octanol–water partition coefficient (Wildman–Crippen LogP) is 6.12. The second-order valence-electron chi connectivity index (χ2n) is 5.84. The Morgan fingerprint density at radius 2 is 1.37 bits per heavy atom. The number of thioether (sulfide) groups is 2. The van der Waals surface area contributed by atoms with Crippen molar-refractivity contribution in [3.05, 3.63) is 38.0 Å². The van der Waals surface area contributed by atoms with Gasteiger partial charge in [-0.15, -0.1) is 0 Å². The molecule has 0 aromatic carbocycles. The molecule has 0 unspecified atom stereocenters. The van der Waals surface area contributed by atoms with Crippen LogP contribution in [0.5, 0.6) is 0 Å². The maximum atomic E-state index is 11.5. The second kappa shape index (κ2) is 16.7. The largest absolute Gasteiger partial charge is 0.462 e. The van der Waals surface area contributed by atoms with Gasteiger partial charge in [-0.1, -0.05) is 35.1 Å². The first-order valence-corrected chi connectivity index (χ1v) is 16.7. The van der Waals surface area contributed by atoms with Crippen LogP contribution >= 0.6 is 74.0 Å². The zero-order valence-electron chi connectivity index (χ0n) is 19.5. The fraction of sp³-hybridized carbons (Fsp3) is 0.444. The van der Waals surface area contributed by atoms with Crippen molar-refractivity contribution < 1.29 is 23.6 Å². The molecule has 0 aliphatic carbocycles. The molecule has 2 aromatic rings. The maximum absolute atomic E-state index is 11.5. The van der Waals surface area contributed by atoms with Gasteiger partial charge in [-0.05, 0) is 73.9 Å². The van der Waals surface area contributed by atoms with Crippen molar-refractivity contribution in [3.63, 3.8) is 0 Å². The smallest absolute Gasteiger partial charge is 0.345 e. The lowest BCUT2D eigenvalue weighted by Crippen LogP contribution is -2.23. The molecule has 0 atom stereocenters. The molecule has 0 fully saturated rings. The van der Waals surface area contributed by atoms with Gasteiger partial charge in [-0.3, -0.25) is 9.36 Å². The SMILES string of the molecule is CCOC(=O)c1c(C)nc(SC)[nH]c1=O.CCOC(=O)c1c(C)nc(SC)nc1Cl.O=P(Cl)(Cl)Cl. The standard InChI is InChI=1S/C9H11ClN2O2S.C9H12N2O3S.Cl3OP/c1-4-14-8(13)6-5(2)11-9(15-3)12-7(6)10;1-4-14-8(13)6-5(2)10-9(15-3)11-7(6)12;1-5(2,3)4/h4H2,1-3H3;4H2,1-3H3,(H,10,11,12);. The molecule has 0 saturated heterocycles. The zero-order chi connectivity index (χ0) is 27.3. The Morgan fingerprint density at radius 1 is 0.914 bits per heavy atom. The number of hydrogen-bond donors (Lipinski definition) is 1. The summed E-state index contributed by atoms with van der Waals surface area (Å²) in [6, 6.07) is 0. The quantitative estimate of drug-likeness (QED) is 0.130. The highest BCUT2D eigenvalue weighted by Crippen LogP contribution is 2.61. The van der Waals surface area contributed by atoms with Crippen LogP contribution in [0.2, 0.25) is 5.15 Å². The Morgan fingerprint density at radius 3 is 1.74 bits per heavy atom. The lowest BCUT2D eigenvalue weighted by molar-refractivity contribution is 0.0513. The van der Waals surface area contributed by atoms with E-state index in [0.29, 0.717) is 28.3 Å². The van der Waals surface area contributed by atoms with Crippen LogP contribution in [0.4, 0.5) is 0 Å². The molecule has 0 bridgehead atoms. The minimum Gasteiger partial charge on any atom is -0.462 e. The number of nitrogens with zero attached hydrogens (tertiary/aromatic N) is 3. The van der Waals surface area contributed by atoms with E-state index in [4.69, 9.17) is 21.1 Å². The van der Waals surface area contributed by atoms with Gasteiger partial charge in [0.2, 0.25) is 0 Å². The molecule has 196 valence electrons. The van der Waals surface area contributed by atoms with Crippen LogP contribution in [0.3, 0.4) is 0 Å². The first kappa shape index (κ1) is 34.0. The average molecular weight is 628 g/mol. The van der Waals surface area contributed by atoms with Crippen molar-refractivity contribution in [2.75, 3.05) is 25.7 Å². The fourth-order valence-corrected chi connectivity index (χ4v) is 3.32. The van der Waals surface area contributed by atoms with Crippen molar-refractivity contribution in [2.24, 2.45) is 0 Å². The van der Waals surface area contributed by atoms with E-state index in [-0.39, 0.29) is 22.9 Å². The topological polar surface area (TPSA) is 141 Å². The molecule has 0 saturated carbocycles. The Balaban J connectivity index is 0.000000555. The molecule has 35 heavy (non-hydrogen) atoms. The second-order valence-corrected chi connectivity index (χ2v) is 14.4. The minimum atomic E-state index is -3.22. The van der Waals surface area contributed by atoms with Crippen molar-refractivity contribution in [3.8, 4) is 0 Å². The highest BCUT2D eigenvalue weighted by molar-refractivity contribution is 8.24. The summed E-state index contributed by atoms with van der Waals surface area (Å²) in [5.41, 5.74) is 0.704. The van der Waals surface area contributed by atoms with E-state index in [1.807, 2.05) is 6.26 Å². The van der Waals surface area contributed by atoms with Gasteiger partial charge in [0.1, 0.15) is 16.3 Å². The first-order chi connectivity index (χ1) is 16.2. The van der Waals surface area contributed by atoms with Crippen LogP contribution in [-0.2, 0) is 14.0 Å². The van der Waals surface area contributed by atoms with E-state index >= 15 is 0 Å². The van der Waals surface area contributed by atoms with E-state index in [1.165, 1.54) is 23.5 Å². The normalized spacial score (nSPS) is 10.3. The molecule has 0 amide bonds. The predicted molar refractivity (Wildman–Crippen MR) is 142 cm³/mol. The molecule has 0 radical (unpaired) electrons. The van der Waals surface area contributed by atoms with Crippen molar-refractivity contribution in [1.82, 2.24) is 19.9 Å². The number of rotatable bonds is 6. The maximum Gasteiger partial charge on any atom is 0.345 e. The van der Waals surface area contributed by atoms with E-state index in [9.17, 15) is 18.9 Å². The molecule has 1 N–H and O–H groups in total. The molecular formula is C18H23Cl4N4O6PS2. The molecule has 10 nitrogen and oxygen atoms in total. The van der Waals surface area contributed by atoms with Crippen LogP contribution in [0, 0.1) is 13.8 Å². The minimum absolute atomic E-state index is 0.0188. The van der Waals surface area contributed by atoms with Gasteiger partial charge in [0, 0.05) is 0 Å². The summed E-state index contributed by atoms with van der Waals surface area (Å²) in [5.74, 6) is -1.11. The first-order valence-electron chi connectivity index (χ1n) is 9.46. The monoisotopic (exact) mass is 626 g/mol. The van der Waals surface area contributed by atoms with Crippen LogP contribution < -0.4 is 5.56 Å². The lowest BCUT2D eigenvalue weighted by atomic mass is 10.2. The summed E-state index contributed by atoms with van der Waals surface area (Å²) in [7, 11) is 0. The van der Waals surface area contributed by atoms with Gasteiger partial charge in [0.05, 0.1) is 24.6 Å². The van der Waals surface area contributed by atoms with Gasteiger partial charge < -0.3 is 14.5 Å². The molecule has 17 heteroatoms. The number of aromatic amines is 1. The molecule has 2 aromatic heterocycles. The number of ether oxygens (including phenoxy) is 2. The number of esters is 2. The number of H-pyrrole nitrogens is 1. The van der Waals surface area contributed by atoms with Crippen LogP contribution in [0.1, 0.15) is 46.0 Å². The number of aromatic nitrogens is 4. The van der Waals surface area contributed by atoms with Gasteiger partial charge in [-0.2, -0.15) is 0 Å². The van der Waals surface area contributed by atoms with Crippen molar-refractivity contribution >= 4 is 86.0 Å². The molecule has 0 spiro atoms. The molecule has 0 aliphatic rings. The summed E-state index contributed by atoms with van der Waals surface area (Å²) >= 11 is 22.4. The molecule has 0 aliphatic heterocycles. The van der Waals surface area contributed by atoms with E-state index < -0.39 is 22.7 Å². The number of carbonyl (C=O) groups excluding carboxylic acids is 2. The summed E-state index contributed by atoms with van der Waals surface area (Å²) in [6.45, 7) is 7.28. The summed E-state index contributed by atoms with van der Waals surface area (Å²) in [5, 5.41) is -2.04. The number of nitrogens with one attached hydrogen (secondary N) is 1. The van der Waals surface area contributed by atoms with Crippen LogP contribution in [-0.4, -0.2) is 57.6 Å². The number of hydrogen-bond acceptors (Lipinski definition) is 11. The van der Waals surface area contributed by atoms with Crippen molar-refractivity contribution in [2.45, 2.75) is 38.0 Å². The Kier molecular flexibility index (Phi) is 16.2. The summed E-state index contributed by atoms with van der Waals surface area (Å²) in [4.78, 5) is 49.1. The Hall–Kier alpha value is -1.01. The van der Waals surface area contributed by atoms with Crippen LogP contribution in [0.25, 0.3) is 0 Å². The average Bonchev–Trinajstić information content (AvgIpc) is 2.72. The third-order valence-electron chi connectivity index (χ3n) is 3.44. The van der Waals surface area contributed by atoms with Gasteiger partial charge in [0.25, 0.3) is 5.56 Å². The highest BCUT2D eigenvalue weighted by atomic mass is 36.0. The molecule has 2 rings (SSSR count). The Bertz CT molecular complexity index is 1100. The van der Waals surface area contributed by atoms with E-state index in [0.717, 1.165) is 0 Å². The lowest BCUT2D eigenvalue weighted by Gasteiger charge is -2.07.